The number of nitrogens with one attached hydrogen (secondary N) is 1. The second-order valence-electron chi connectivity index (χ2n) is 7.78. The highest BCUT2D eigenvalue weighted by Gasteiger charge is 2.48. The molecule has 1 fully saturated rings. The summed E-state index contributed by atoms with van der Waals surface area (Å²) in [7, 11) is -2.32. The average molecular weight is 439 g/mol. The monoisotopic (exact) mass is 438 g/mol. The Hall–Kier alpha value is -2.61. The molecule has 1 aliphatic heterocycles. The first-order valence-corrected chi connectivity index (χ1v) is 11.0. The first kappa shape index (κ1) is 23.7. The first-order valence-electron chi connectivity index (χ1n) is 9.13. The predicted molar refractivity (Wildman–Crippen MR) is 110 cm³/mol. The molecule has 1 aromatic carbocycles. The van der Waals surface area contributed by atoms with Crippen molar-refractivity contribution >= 4 is 27.5 Å². The highest BCUT2D eigenvalue weighted by Crippen LogP contribution is 2.30. The summed E-state index contributed by atoms with van der Waals surface area (Å²) in [5, 5.41) is 8.92. The fourth-order valence-corrected chi connectivity index (χ4v) is 3.67. The fourth-order valence-electron chi connectivity index (χ4n) is 2.80. The Morgan fingerprint density at radius 1 is 1.33 bits per heavy atom. The Kier molecular flexibility index (Phi) is 6.81. The number of hydrogen-bond acceptors (Lipinski definition) is 7. The molecular weight excluding hydrogens is 412 g/mol. The predicted octanol–water partition coefficient (Wildman–Crippen LogP) is 1.49. The molecule has 1 heterocycles. The molecule has 0 radical (unpaired) electrons. The van der Waals surface area contributed by atoms with E-state index in [4.69, 9.17) is 14.7 Å². The smallest absolute Gasteiger partial charge is 0.414 e. The maximum absolute atomic E-state index is 12.3. The molecule has 0 spiro atoms. The first-order chi connectivity index (χ1) is 13.8. The van der Waals surface area contributed by atoms with Gasteiger partial charge in [0.1, 0.15) is 11.7 Å². The van der Waals surface area contributed by atoms with Crippen LogP contribution in [-0.2, 0) is 24.1 Å². The maximum atomic E-state index is 12.3. The van der Waals surface area contributed by atoms with E-state index in [0.29, 0.717) is 5.69 Å². The van der Waals surface area contributed by atoms with Crippen molar-refractivity contribution < 1.29 is 32.7 Å². The molecule has 9 nitrogen and oxygen atoms in total. The van der Waals surface area contributed by atoms with Crippen LogP contribution in [0, 0.1) is 11.8 Å². The molecule has 164 valence electrons. The van der Waals surface area contributed by atoms with Crippen LogP contribution in [0.4, 0.5) is 10.5 Å². The summed E-state index contributed by atoms with van der Waals surface area (Å²) in [6, 6.07) is 6.89. The van der Waals surface area contributed by atoms with Crippen LogP contribution < -0.4 is 10.4 Å². The summed E-state index contributed by atoms with van der Waals surface area (Å²) in [5.41, 5.74) is 2.08. The van der Waals surface area contributed by atoms with Crippen LogP contribution in [-0.4, -0.2) is 62.0 Å². The Morgan fingerprint density at radius 2 is 1.93 bits per heavy atom. The van der Waals surface area contributed by atoms with Gasteiger partial charge < -0.3 is 9.47 Å². The summed E-state index contributed by atoms with van der Waals surface area (Å²) in [6.07, 6.45) is -0.909. The van der Waals surface area contributed by atoms with Crippen LogP contribution in [0.1, 0.15) is 32.8 Å². The van der Waals surface area contributed by atoms with Crippen LogP contribution in [0.2, 0.25) is 0 Å². The van der Waals surface area contributed by atoms with Gasteiger partial charge in [0.05, 0.1) is 6.54 Å². The zero-order chi connectivity index (χ0) is 22.7. The van der Waals surface area contributed by atoms with Crippen molar-refractivity contribution in [3.63, 3.8) is 0 Å². The fraction of sp³-hybridized carbons (Fsp3) is 0.500. The molecule has 2 N–H and O–H groups in total. The lowest BCUT2D eigenvalue weighted by Crippen LogP contribution is -2.51. The van der Waals surface area contributed by atoms with E-state index in [9.17, 15) is 18.0 Å². The van der Waals surface area contributed by atoms with Gasteiger partial charge in [0.25, 0.3) is 5.91 Å². The van der Waals surface area contributed by atoms with Gasteiger partial charge in [0, 0.05) is 31.0 Å². The van der Waals surface area contributed by atoms with Gasteiger partial charge in [0.2, 0.25) is 0 Å². The second-order valence-corrected chi connectivity index (χ2v) is 10.2. The Bertz CT molecular complexity index is 977. The second kappa shape index (κ2) is 8.63. The van der Waals surface area contributed by atoms with Crippen molar-refractivity contribution in [2.75, 3.05) is 24.8 Å². The van der Waals surface area contributed by atoms with Crippen molar-refractivity contribution in [3.05, 3.63) is 29.8 Å². The van der Waals surface area contributed by atoms with Gasteiger partial charge in [-0.1, -0.05) is 11.8 Å². The van der Waals surface area contributed by atoms with Crippen LogP contribution >= 0.6 is 0 Å². The number of ether oxygens (including phenoxy) is 2. The van der Waals surface area contributed by atoms with Crippen LogP contribution in [0.15, 0.2) is 24.3 Å². The summed E-state index contributed by atoms with van der Waals surface area (Å²) < 4.78 is 32.8. The minimum atomic E-state index is -3.90. The number of hydroxylamine groups is 1. The van der Waals surface area contributed by atoms with Gasteiger partial charge in [-0.3, -0.25) is 14.9 Å². The molecule has 30 heavy (non-hydrogen) atoms. The molecule has 1 saturated heterocycles. The van der Waals surface area contributed by atoms with Crippen LogP contribution in [0.3, 0.4) is 0 Å². The topological polar surface area (TPSA) is 122 Å². The van der Waals surface area contributed by atoms with Gasteiger partial charge in [-0.05, 0) is 45.0 Å². The SMILES string of the molecule is COC(C)(C)C#Cc1ccc(N2CC(CC(C)(C(=O)NO)S(C)(=O)=O)OC2=O)cc1. The lowest BCUT2D eigenvalue weighted by molar-refractivity contribution is -0.132. The Balaban J connectivity index is 2.17. The van der Waals surface area contributed by atoms with Crippen molar-refractivity contribution in [2.45, 2.75) is 43.6 Å². The highest BCUT2D eigenvalue weighted by molar-refractivity contribution is 7.92. The van der Waals surface area contributed by atoms with Crippen LogP contribution in [0.5, 0.6) is 0 Å². The molecule has 1 aliphatic rings. The lowest BCUT2D eigenvalue weighted by atomic mass is 10.0. The molecule has 1 aromatic rings. The summed E-state index contributed by atoms with van der Waals surface area (Å²) >= 11 is 0. The van der Waals surface area contributed by atoms with E-state index < -0.39 is 38.3 Å². The molecule has 2 unspecified atom stereocenters. The lowest BCUT2D eigenvalue weighted by Gasteiger charge is -2.26. The largest absolute Gasteiger partial charge is 0.444 e. The number of hydrogen-bond donors (Lipinski definition) is 2. The zero-order valence-corrected chi connectivity index (χ0v) is 18.4. The average Bonchev–Trinajstić information content (AvgIpc) is 3.05. The quantitative estimate of drug-likeness (QED) is 0.392. The number of methoxy groups -OCH3 is 1. The summed E-state index contributed by atoms with van der Waals surface area (Å²) in [5.74, 6) is 4.91. The number of anilines is 1. The Morgan fingerprint density at radius 3 is 2.43 bits per heavy atom. The number of sulfone groups is 1. The number of amides is 2. The summed E-state index contributed by atoms with van der Waals surface area (Å²) in [4.78, 5) is 25.6. The third-order valence-electron chi connectivity index (χ3n) is 5.09. The van der Waals surface area contributed by atoms with E-state index in [2.05, 4.69) is 11.8 Å². The van der Waals surface area contributed by atoms with Crippen molar-refractivity contribution in [1.29, 1.82) is 0 Å². The van der Waals surface area contributed by atoms with Crippen molar-refractivity contribution in [3.8, 4) is 11.8 Å². The van der Waals surface area contributed by atoms with Gasteiger partial charge in [-0.2, -0.15) is 0 Å². The number of carbonyl (C=O) groups is 2. The van der Waals surface area contributed by atoms with E-state index in [1.165, 1.54) is 17.3 Å². The van der Waals surface area contributed by atoms with Gasteiger partial charge in [-0.25, -0.2) is 18.7 Å². The van der Waals surface area contributed by atoms with Gasteiger partial charge in [0.15, 0.2) is 14.6 Å². The van der Waals surface area contributed by atoms with Gasteiger partial charge >= 0.3 is 6.09 Å². The highest BCUT2D eigenvalue weighted by atomic mass is 32.2. The number of carbonyl (C=O) groups excluding carboxylic acids is 2. The van der Waals surface area contributed by atoms with Gasteiger partial charge in [-0.15, -0.1) is 0 Å². The normalized spacial score (nSPS) is 18.8. The van der Waals surface area contributed by atoms with E-state index in [1.54, 1.807) is 31.4 Å². The van der Waals surface area contributed by atoms with E-state index >= 15 is 0 Å². The molecule has 2 amide bonds. The standard InChI is InChI=1S/C20H26N2O7S/c1-19(2,28-4)11-10-14-6-8-15(9-7-14)22-13-16(29-18(22)24)12-20(3,17(23)21-25)30(5,26)27/h6-9,16,25H,12-13H2,1-5H3,(H,21,23). The third kappa shape index (κ3) is 5.11. The minimum Gasteiger partial charge on any atom is -0.444 e. The van der Waals surface area contributed by atoms with Crippen molar-refractivity contribution in [1.82, 2.24) is 5.48 Å². The molecule has 0 saturated carbocycles. The number of benzene rings is 1. The molecule has 0 aliphatic carbocycles. The molecule has 0 bridgehead atoms. The molecular formula is C20H26N2O7S. The molecule has 10 heteroatoms. The summed E-state index contributed by atoms with van der Waals surface area (Å²) in [6.45, 7) is 4.93. The zero-order valence-electron chi connectivity index (χ0n) is 17.6. The van der Waals surface area contributed by atoms with E-state index in [1.807, 2.05) is 13.8 Å². The Labute approximate surface area is 176 Å². The molecule has 2 rings (SSSR count). The molecule has 2 atom stereocenters. The maximum Gasteiger partial charge on any atom is 0.414 e. The minimum absolute atomic E-state index is 0.0599. The van der Waals surface area contributed by atoms with E-state index in [-0.39, 0.29) is 13.0 Å². The van der Waals surface area contributed by atoms with E-state index in [0.717, 1.165) is 11.8 Å². The number of rotatable bonds is 6. The van der Waals surface area contributed by atoms with Crippen LogP contribution in [0.25, 0.3) is 0 Å². The third-order valence-corrected chi connectivity index (χ3v) is 7.08. The molecule has 0 aromatic heterocycles. The van der Waals surface area contributed by atoms with Crippen molar-refractivity contribution in [2.24, 2.45) is 0 Å². The number of nitrogens with zero attached hydrogens (tertiary/aromatic N) is 1. The number of cyclic esters (lactones) is 1.